The Morgan fingerprint density at radius 2 is 1.91 bits per heavy atom. The molecular formula is C17H16BrN5. The normalized spacial score (nSPS) is 10.3. The second-order valence-corrected chi connectivity index (χ2v) is 5.97. The Labute approximate surface area is 143 Å². The van der Waals surface area contributed by atoms with Gasteiger partial charge in [0, 0.05) is 11.0 Å². The van der Waals surface area contributed by atoms with Crippen molar-refractivity contribution in [1.82, 2.24) is 15.2 Å². The molecule has 0 unspecified atom stereocenters. The number of halogens is 1. The van der Waals surface area contributed by atoms with Gasteiger partial charge in [-0.05, 0) is 46.1 Å². The maximum absolute atomic E-state index is 4.43. The van der Waals surface area contributed by atoms with E-state index in [0.29, 0.717) is 18.3 Å². The molecule has 0 aliphatic heterocycles. The van der Waals surface area contributed by atoms with Crippen LogP contribution in [0.2, 0.25) is 0 Å². The zero-order valence-corrected chi connectivity index (χ0v) is 14.2. The van der Waals surface area contributed by atoms with Crippen molar-refractivity contribution in [2.45, 2.75) is 13.5 Å². The Balaban J connectivity index is 1.69. The second-order valence-electron chi connectivity index (χ2n) is 5.11. The molecule has 0 amide bonds. The Morgan fingerprint density at radius 3 is 2.70 bits per heavy atom. The van der Waals surface area contributed by atoms with Crippen LogP contribution < -0.4 is 10.6 Å². The van der Waals surface area contributed by atoms with Gasteiger partial charge < -0.3 is 10.6 Å². The van der Waals surface area contributed by atoms with Gasteiger partial charge in [0.15, 0.2) is 5.82 Å². The van der Waals surface area contributed by atoms with Gasteiger partial charge in [-0.15, -0.1) is 5.10 Å². The molecule has 2 aromatic carbocycles. The van der Waals surface area contributed by atoms with E-state index in [0.717, 1.165) is 10.2 Å². The van der Waals surface area contributed by atoms with Crippen molar-refractivity contribution in [1.29, 1.82) is 0 Å². The predicted molar refractivity (Wildman–Crippen MR) is 95.8 cm³/mol. The van der Waals surface area contributed by atoms with Crippen molar-refractivity contribution < 1.29 is 0 Å². The van der Waals surface area contributed by atoms with E-state index in [-0.39, 0.29) is 0 Å². The molecule has 0 aliphatic rings. The fourth-order valence-electron chi connectivity index (χ4n) is 2.07. The standard InChI is InChI=1S/C17H16BrN5/c1-12-7-8-15(14(18)9-12)21-17-22-16(11-20-23-17)19-10-13-5-3-2-4-6-13/h2-9,11H,10H2,1H3,(H2,19,21,22,23). The molecule has 0 fully saturated rings. The number of benzene rings is 2. The number of anilines is 3. The van der Waals surface area contributed by atoms with Crippen molar-refractivity contribution in [3.05, 3.63) is 70.3 Å². The van der Waals surface area contributed by atoms with Crippen LogP contribution in [0.1, 0.15) is 11.1 Å². The van der Waals surface area contributed by atoms with Crippen molar-refractivity contribution in [2.75, 3.05) is 10.6 Å². The summed E-state index contributed by atoms with van der Waals surface area (Å²) in [4.78, 5) is 4.43. The van der Waals surface area contributed by atoms with Gasteiger partial charge in [-0.25, -0.2) is 0 Å². The average Bonchev–Trinajstić information content (AvgIpc) is 2.57. The van der Waals surface area contributed by atoms with E-state index in [2.05, 4.69) is 53.9 Å². The number of aryl methyl sites for hydroxylation is 1. The molecule has 2 N–H and O–H groups in total. The van der Waals surface area contributed by atoms with Gasteiger partial charge in [0.1, 0.15) is 0 Å². The maximum Gasteiger partial charge on any atom is 0.249 e. The first-order chi connectivity index (χ1) is 11.2. The fraction of sp³-hybridized carbons (Fsp3) is 0.118. The van der Waals surface area contributed by atoms with Crippen LogP contribution in [0.5, 0.6) is 0 Å². The van der Waals surface area contributed by atoms with Gasteiger partial charge in [0.25, 0.3) is 0 Å². The second kappa shape index (κ2) is 7.19. The lowest BCUT2D eigenvalue weighted by Crippen LogP contribution is -2.05. The van der Waals surface area contributed by atoms with Crippen molar-refractivity contribution in [2.24, 2.45) is 0 Å². The highest BCUT2D eigenvalue weighted by Gasteiger charge is 2.04. The molecular weight excluding hydrogens is 354 g/mol. The first-order valence-corrected chi connectivity index (χ1v) is 8.01. The third kappa shape index (κ3) is 4.26. The van der Waals surface area contributed by atoms with Gasteiger partial charge in [-0.2, -0.15) is 10.1 Å². The summed E-state index contributed by atoms with van der Waals surface area (Å²) in [6, 6.07) is 16.2. The van der Waals surface area contributed by atoms with E-state index in [1.165, 1.54) is 11.1 Å². The zero-order valence-electron chi connectivity index (χ0n) is 12.6. The maximum atomic E-state index is 4.43. The lowest BCUT2D eigenvalue weighted by Gasteiger charge is -2.09. The summed E-state index contributed by atoms with van der Waals surface area (Å²) in [5.74, 6) is 1.13. The number of rotatable bonds is 5. The Bertz CT molecular complexity index is 792. The van der Waals surface area contributed by atoms with E-state index < -0.39 is 0 Å². The molecule has 0 saturated carbocycles. The molecule has 116 valence electrons. The van der Waals surface area contributed by atoms with Crippen LogP contribution >= 0.6 is 15.9 Å². The average molecular weight is 370 g/mol. The van der Waals surface area contributed by atoms with Crippen LogP contribution in [-0.2, 0) is 6.54 Å². The lowest BCUT2D eigenvalue weighted by molar-refractivity contribution is 0.965. The van der Waals surface area contributed by atoms with Crippen LogP contribution in [0.25, 0.3) is 0 Å². The smallest absolute Gasteiger partial charge is 0.249 e. The van der Waals surface area contributed by atoms with E-state index in [9.17, 15) is 0 Å². The third-order valence-electron chi connectivity index (χ3n) is 3.25. The SMILES string of the molecule is Cc1ccc(Nc2nncc(NCc3ccccc3)n2)c(Br)c1. The molecule has 6 heteroatoms. The van der Waals surface area contributed by atoms with Gasteiger partial charge in [0.2, 0.25) is 5.95 Å². The summed E-state index contributed by atoms with van der Waals surface area (Å²) >= 11 is 3.53. The van der Waals surface area contributed by atoms with E-state index >= 15 is 0 Å². The molecule has 3 aromatic rings. The summed E-state index contributed by atoms with van der Waals surface area (Å²) in [5.41, 5.74) is 3.26. The molecule has 0 spiro atoms. The number of hydrogen-bond donors (Lipinski definition) is 2. The molecule has 1 heterocycles. The summed E-state index contributed by atoms with van der Waals surface area (Å²) in [5, 5.41) is 14.4. The molecule has 23 heavy (non-hydrogen) atoms. The third-order valence-corrected chi connectivity index (χ3v) is 3.90. The molecule has 0 aliphatic carbocycles. The van der Waals surface area contributed by atoms with Crippen LogP contribution in [0.15, 0.2) is 59.2 Å². The highest BCUT2D eigenvalue weighted by atomic mass is 79.9. The highest BCUT2D eigenvalue weighted by molar-refractivity contribution is 9.10. The molecule has 0 saturated heterocycles. The monoisotopic (exact) mass is 369 g/mol. The molecule has 3 rings (SSSR count). The highest BCUT2D eigenvalue weighted by Crippen LogP contribution is 2.25. The summed E-state index contributed by atoms with van der Waals surface area (Å²) in [6.07, 6.45) is 1.61. The van der Waals surface area contributed by atoms with Crippen molar-refractivity contribution in [3.8, 4) is 0 Å². The van der Waals surface area contributed by atoms with Crippen molar-refractivity contribution in [3.63, 3.8) is 0 Å². The molecule has 0 atom stereocenters. The minimum Gasteiger partial charge on any atom is -0.365 e. The van der Waals surface area contributed by atoms with Crippen molar-refractivity contribution >= 4 is 33.4 Å². The molecule has 0 radical (unpaired) electrons. The molecule has 1 aromatic heterocycles. The van der Waals surface area contributed by atoms with Gasteiger partial charge in [-0.1, -0.05) is 36.4 Å². The van der Waals surface area contributed by atoms with Gasteiger partial charge in [0.05, 0.1) is 11.9 Å². The van der Waals surface area contributed by atoms with Crippen LogP contribution in [0, 0.1) is 6.92 Å². The van der Waals surface area contributed by atoms with Gasteiger partial charge in [-0.3, -0.25) is 0 Å². The summed E-state index contributed by atoms with van der Waals surface area (Å²) in [6.45, 7) is 2.73. The minimum absolute atomic E-state index is 0.451. The van der Waals surface area contributed by atoms with Crippen LogP contribution in [0.3, 0.4) is 0 Å². The summed E-state index contributed by atoms with van der Waals surface area (Å²) in [7, 11) is 0. The predicted octanol–water partition coefficient (Wildman–Crippen LogP) is 4.30. The van der Waals surface area contributed by atoms with E-state index in [4.69, 9.17) is 0 Å². The van der Waals surface area contributed by atoms with E-state index in [1.807, 2.05) is 43.3 Å². The van der Waals surface area contributed by atoms with Gasteiger partial charge >= 0.3 is 0 Å². The topological polar surface area (TPSA) is 62.7 Å². The first kappa shape index (κ1) is 15.4. The Morgan fingerprint density at radius 1 is 1.09 bits per heavy atom. The van der Waals surface area contributed by atoms with Crippen LogP contribution in [0.4, 0.5) is 17.5 Å². The quantitative estimate of drug-likeness (QED) is 0.701. The minimum atomic E-state index is 0.451. The Hall–Kier alpha value is -2.47. The number of nitrogens with zero attached hydrogens (tertiary/aromatic N) is 3. The number of hydrogen-bond acceptors (Lipinski definition) is 5. The Kier molecular flexibility index (Phi) is 4.83. The summed E-state index contributed by atoms with van der Waals surface area (Å²) < 4.78 is 0.962. The van der Waals surface area contributed by atoms with Crippen LogP contribution in [-0.4, -0.2) is 15.2 Å². The number of nitrogens with one attached hydrogen (secondary N) is 2. The first-order valence-electron chi connectivity index (χ1n) is 7.21. The number of aromatic nitrogens is 3. The zero-order chi connectivity index (χ0) is 16.1. The molecule has 5 nitrogen and oxygen atoms in total. The van der Waals surface area contributed by atoms with E-state index in [1.54, 1.807) is 6.20 Å². The largest absolute Gasteiger partial charge is 0.365 e. The molecule has 0 bridgehead atoms. The fourth-order valence-corrected chi connectivity index (χ4v) is 2.66. The lowest BCUT2D eigenvalue weighted by atomic mass is 10.2.